The van der Waals surface area contributed by atoms with Crippen LogP contribution in [0, 0.1) is 6.92 Å². The fourth-order valence-electron chi connectivity index (χ4n) is 1.94. The summed E-state index contributed by atoms with van der Waals surface area (Å²) in [6.07, 6.45) is 0.984. The van der Waals surface area contributed by atoms with Crippen LogP contribution in [0.25, 0.3) is 0 Å². The summed E-state index contributed by atoms with van der Waals surface area (Å²) in [5, 5.41) is 14.4. The van der Waals surface area contributed by atoms with Gasteiger partial charge >= 0.3 is 5.97 Å². The van der Waals surface area contributed by atoms with E-state index in [-0.39, 0.29) is 12.1 Å². The standard InChI is InChI=1S/C13H15N3O4S/c1-3-16(10-6-4-9(2)5-7-10)21(19,20)12-11(13(17)18)8-14-15-12/h4-8H,3H2,1-2H3,(H,14,15)(H,17,18). The molecule has 0 aliphatic carbocycles. The Bertz CT molecular complexity index is 750. The number of hydrogen-bond donors (Lipinski definition) is 2. The molecular formula is C13H15N3O4S. The third-order valence-electron chi connectivity index (χ3n) is 2.99. The highest BCUT2D eigenvalue weighted by Gasteiger charge is 2.30. The second-order valence-electron chi connectivity index (χ2n) is 4.42. The molecule has 0 fully saturated rings. The lowest BCUT2D eigenvalue weighted by molar-refractivity contribution is 0.0692. The number of nitrogens with zero attached hydrogens (tertiary/aromatic N) is 2. The van der Waals surface area contributed by atoms with Crippen molar-refractivity contribution in [3.8, 4) is 0 Å². The van der Waals surface area contributed by atoms with Crippen LogP contribution in [0.1, 0.15) is 22.8 Å². The number of rotatable bonds is 5. The summed E-state index contributed by atoms with van der Waals surface area (Å²) in [6.45, 7) is 3.74. The first-order valence-corrected chi connectivity index (χ1v) is 7.68. The Labute approximate surface area is 122 Å². The molecular weight excluding hydrogens is 294 g/mol. The lowest BCUT2D eigenvalue weighted by atomic mass is 10.2. The van der Waals surface area contributed by atoms with Gasteiger partial charge in [-0.05, 0) is 26.0 Å². The van der Waals surface area contributed by atoms with Gasteiger partial charge < -0.3 is 5.11 Å². The molecule has 2 aromatic rings. The average Bonchev–Trinajstić information content (AvgIpc) is 2.92. The molecule has 0 aliphatic rings. The number of sulfonamides is 1. The van der Waals surface area contributed by atoms with Crippen molar-refractivity contribution in [1.29, 1.82) is 0 Å². The molecule has 7 nitrogen and oxygen atoms in total. The zero-order valence-electron chi connectivity index (χ0n) is 11.6. The van der Waals surface area contributed by atoms with Crippen molar-refractivity contribution in [2.24, 2.45) is 0 Å². The topological polar surface area (TPSA) is 103 Å². The van der Waals surface area contributed by atoms with Crippen LogP contribution < -0.4 is 4.31 Å². The number of anilines is 1. The molecule has 21 heavy (non-hydrogen) atoms. The molecule has 0 atom stereocenters. The highest BCUT2D eigenvalue weighted by Crippen LogP contribution is 2.24. The highest BCUT2D eigenvalue weighted by atomic mass is 32.2. The van der Waals surface area contributed by atoms with E-state index >= 15 is 0 Å². The van der Waals surface area contributed by atoms with Gasteiger partial charge in [0, 0.05) is 6.54 Å². The van der Waals surface area contributed by atoms with Crippen LogP contribution in [0.3, 0.4) is 0 Å². The second-order valence-corrected chi connectivity index (χ2v) is 6.22. The predicted octanol–water partition coefficient (Wildman–Crippen LogP) is 1.63. The monoisotopic (exact) mass is 309 g/mol. The van der Waals surface area contributed by atoms with Crippen LogP contribution in [0.15, 0.2) is 35.5 Å². The maximum absolute atomic E-state index is 12.6. The number of carboxylic acids is 1. The van der Waals surface area contributed by atoms with E-state index in [0.29, 0.717) is 5.69 Å². The number of benzene rings is 1. The summed E-state index contributed by atoms with van der Waals surface area (Å²) in [7, 11) is -4.01. The van der Waals surface area contributed by atoms with Gasteiger partial charge in [0.05, 0.1) is 11.9 Å². The van der Waals surface area contributed by atoms with Gasteiger partial charge in [-0.1, -0.05) is 17.7 Å². The number of hydrogen-bond acceptors (Lipinski definition) is 4. The predicted molar refractivity (Wildman–Crippen MR) is 76.9 cm³/mol. The number of aromatic amines is 1. The zero-order chi connectivity index (χ0) is 15.6. The van der Waals surface area contributed by atoms with Gasteiger partial charge in [0.15, 0.2) is 5.03 Å². The summed E-state index contributed by atoms with van der Waals surface area (Å²) < 4.78 is 26.4. The molecule has 0 spiro atoms. The van der Waals surface area contributed by atoms with Crippen LogP contribution in [-0.4, -0.2) is 36.2 Å². The molecule has 0 radical (unpaired) electrons. The Kier molecular flexibility index (Phi) is 3.99. The minimum Gasteiger partial charge on any atom is -0.478 e. The third-order valence-corrected chi connectivity index (χ3v) is 4.87. The highest BCUT2D eigenvalue weighted by molar-refractivity contribution is 7.92. The Morgan fingerprint density at radius 2 is 1.95 bits per heavy atom. The van der Waals surface area contributed by atoms with E-state index in [1.807, 2.05) is 6.92 Å². The number of aryl methyl sites for hydroxylation is 1. The first-order chi connectivity index (χ1) is 9.87. The lowest BCUT2D eigenvalue weighted by Gasteiger charge is -2.22. The first-order valence-electron chi connectivity index (χ1n) is 6.24. The quantitative estimate of drug-likeness (QED) is 0.873. The van der Waals surface area contributed by atoms with Gasteiger partial charge in [-0.15, -0.1) is 0 Å². The van der Waals surface area contributed by atoms with Crippen molar-refractivity contribution in [3.05, 3.63) is 41.6 Å². The number of carbonyl (C=O) groups is 1. The van der Waals surface area contributed by atoms with Crippen LogP contribution >= 0.6 is 0 Å². The smallest absolute Gasteiger partial charge is 0.340 e. The lowest BCUT2D eigenvalue weighted by Crippen LogP contribution is -2.32. The van der Waals surface area contributed by atoms with E-state index in [4.69, 9.17) is 5.11 Å². The minimum atomic E-state index is -4.01. The van der Waals surface area contributed by atoms with Crippen LogP contribution in [0.5, 0.6) is 0 Å². The SMILES string of the molecule is CCN(c1ccc(C)cc1)S(=O)(=O)c1[nH]ncc1C(=O)O. The van der Waals surface area contributed by atoms with Gasteiger partial charge in [0.25, 0.3) is 10.0 Å². The largest absolute Gasteiger partial charge is 0.478 e. The molecule has 0 bridgehead atoms. The molecule has 1 heterocycles. The van der Waals surface area contributed by atoms with E-state index in [0.717, 1.165) is 16.1 Å². The number of H-pyrrole nitrogens is 1. The maximum atomic E-state index is 12.6. The van der Waals surface area contributed by atoms with Crippen molar-refractivity contribution in [3.63, 3.8) is 0 Å². The normalized spacial score (nSPS) is 11.3. The average molecular weight is 309 g/mol. The minimum absolute atomic E-state index is 0.170. The molecule has 0 amide bonds. The van der Waals surface area contributed by atoms with Gasteiger partial charge in [0.2, 0.25) is 0 Å². The molecule has 112 valence electrons. The Hall–Kier alpha value is -2.35. The molecule has 1 aromatic carbocycles. The molecule has 0 aliphatic heterocycles. The maximum Gasteiger partial charge on any atom is 0.340 e. The van der Waals surface area contributed by atoms with E-state index < -0.39 is 21.0 Å². The van der Waals surface area contributed by atoms with Crippen LogP contribution in [0.2, 0.25) is 0 Å². The molecule has 8 heteroatoms. The molecule has 0 unspecified atom stereocenters. The summed E-state index contributed by atoms with van der Waals surface area (Å²) in [5.41, 5.74) is 1.09. The van der Waals surface area contributed by atoms with Crippen molar-refractivity contribution < 1.29 is 18.3 Å². The van der Waals surface area contributed by atoms with Gasteiger partial charge in [-0.2, -0.15) is 13.5 Å². The summed E-state index contributed by atoms with van der Waals surface area (Å²) >= 11 is 0. The second kappa shape index (κ2) is 5.57. The van der Waals surface area contributed by atoms with Crippen molar-refractivity contribution in [2.75, 3.05) is 10.8 Å². The Morgan fingerprint density at radius 1 is 1.33 bits per heavy atom. The van der Waals surface area contributed by atoms with Gasteiger partial charge in [-0.3, -0.25) is 9.40 Å². The Balaban J connectivity index is 2.52. The summed E-state index contributed by atoms with van der Waals surface area (Å²) in [6, 6.07) is 6.93. The van der Waals surface area contributed by atoms with Gasteiger partial charge in [0.1, 0.15) is 5.56 Å². The fourth-order valence-corrected chi connectivity index (χ4v) is 3.48. The number of carboxylic acid groups (broad SMARTS) is 1. The van der Waals surface area contributed by atoms with Crippen molar-refractivity contribution in [1.82, 2.24) is 10.2 Å². The third kappa shape index (κ3) is 2.75. The summed E-state index contributed by atoms with van der Waals surface area (Å²) in [4.78, 5) is 11.1. The van der Waals surface area contributed by atoms with E-state index in [1.54, 1.807) is 31.2 Å². The number of aromatic carboxylic acids is 1. The molecule has 0 saturated carbocycles. The first kappa shape index (κ1) is 15.0. The van der Waals surface area contributed by atoms with E-state index in [9.17, 15) is 13.2 Å². The van der Waals surface area contributed by atoms with Crippen molar-refractivity contribution >= 4 is 21.7 Å². The number of aromatic nitrogens is 2. The number of nitrogens with one attached hydrogen (secondary N) is 1. The van der Waals surface area contributed by atoms with E-state index in [2.05, 4.69) is 10.2 Å². The fraction of sp³-hybridized carbons (Fsp3) is 0.231. The van der Waals surface area contributed by atoms with Crippen molar-refractivity contribution in [2.45, 2.75) is 18.9 Å². The van der Waals surface area contributed by atoms with Gasteiger partial charge in [-0.25, -0.2) is 4.79 Å². The zero-order valence-corrected chi connectivity index (χ0v) is 12.4. The van der Waals surface area contributed by atoms with E-state index in [1.165, 1.54) is 0 Å². The summed E-state index contributed by atoms with van der Waals surface area (Å²) in [5.74, 6) is -1.35. The molecule has 1 aromatic heterocycles. The molecule has 0 saturated heterocycles. The van der Waals surface area contributed by atoms with Crippen LogP contribution in [0.4, 0.5) is 5.69 Å². The molecule has 2 N–H and O–H groups in total. The Morgan fingerprint density at radius 3 is 2.48 bits per heavy atom. The molecule has 2 rings (SSSR count). The van der Waals surface area contributed by atoms with Crippen LogP contribution in [-0.2, 0) is 10.0 Å².